The van der Waals surface area contributed by atoms with Gasteiger partial charge in [-0.15, -0.1) is 0 Å². The summed E-state index contributed by atoms with van der Waals surface area (Å²) in [5.41, 5.74) is 3.04. The first-order valence-corrected chi connectivity index (χ1v) is 13.9. The number of aryl methyl sites for hydroxylation is 3. The van der Waals surface area contributed by atoms with Crippen LogP contribution >= 0.6 is 0 Å². The van der Waals surface area contributed by atoms with Crippen LogP contribution in [0.1, 0.15) is 69.7 Å². The van der Waals surface area contributed by atoms with Crippen molar-refractivity contribution in [3.8, 4) is 0 Å². The number of benzene rings is 1. The Morgan fingerprint density at radius 3 is 2.55 bits per heavy atom. The predicted octanol–water partition coefficient (Wildman–Crippen LogP) is 5.07. The van der Waals surface area contributed by atoms with Gasteiger partial charge in [-0.3, -0.25) is 0 Å². The predicted molar refractivity (Wildman–Crippen MR) is 151 cm³/mol. The Balaban J connectivity index is 1.51. The Kier molecular flexibility index (Phi) is 11.4. The highest BCUT2D eigenvalue weighted by molar-refractivity contribution is 5.80. The van der Waals surface area contributed by atoms with Crippen molar-refractivity contribution < 1.29 is 19.4 Å². The standard InChI is InChI=1S/C30H44N4O4/c1-30(2,3)38-29(37)33-26(28(35)36)18-22-34(21-10-13-23-11-5-4-6-12-23)20-8-7-15-25-17-16-24-14-9-19-31-27(24)32-25/h4-6,11-12,16-17,26H,7-10,13-15,18-22H2,1-3H3,(H,31,32)(H,33,37)(H,35,36). The van der Waals surface area contributed by atoms with E-state index in [-0.39, 0.29) is 0 Å². The molecule has 1 atom stereocenters. The summed E-state index contributed by atoms with van der Waals surface area (Å²) in [5.74, 6) is -0.0133. The monoisotopic (exact) mass is 524 g/mol. The van der Waals surface area contributed by atoms with Gasteiger partial charge in [0.2, 0.25) is 0 Å². The average molecular weight is 525 g/mol. The largest absolute Gasteiger partial charge is 0.480 e. The lowest BCUT2D eigenvalue weighted by Crippen LogP contribution is -2.45. The molecule has 0 fully saturated rings. The molecule has 1 aromatic carbocycles. The number of carboxylic acids is 1. The Labute approximate surface area is 227 Å². The molecule has 0 radical (unpaired) electrons. The van der Waals surface area contributed by atoms with E-state index in [0.29, 0.717) is 13.0 Å². The molecule has 3 N–H and O–H groups in total. The summed E-state index contributed by atoms with van der Waals surface area (Å²) in [6.07, 6.45) is 6.75. The molecule has 3 rings (SSSR count). The van der Waals surface area contributed by atoms with Crippen molar-refractivity contribution in [2.45, 2.75) is 83.8 Å². The van der Waals surface area contributed by atoms with Crippen molar-refractivity contribution >= 4 is 17.9 Å². The van der Waals surface area contributed by atoms with Crippen LogP contribution in [0.4, 0.5) is 10.6 Å². The molecule has 1 amide bonds. The maximum atomic E-state index is 12.2. The van der Waals surface area contributed by atoms with Crippen molar-refractivity contribution in [3.63, 3.8) is 0 Å². The van der Waals surface area contributed by atoms with Crippen LogP contribution in [0.25, 0.3) is 0 Å². The second-order valence-corrected chi connectivity index (χ2v) is 11.1. The number of nitrogens with zero attached hydrogens (tertiary/aromatic N) is 2. The van der Waals surface area contributed by atoms with Crippen molar-refractivity contribution in [1.29, 1.82) is 0 Å². The average Bonchev–Trinajstić information content (AvgIpc) is 2.87. The highest BCUT2D eigenvalue weighted by atomic mass is 16.6. The molecular weight excluding hydrogens is 480 g/mol. The van der Waals surface area contributed by atoms with Gasteiger partial charge in [0.05, 0.1) is 0 Å². The summed E-state index contributed by atoms with van der Waals surface area (Å²) in [7, 11) is 0. The third kappa shape index (κ3) is 10.7. The number of hydrogen-bond donors (Lipinski definition) is 3. The molecule has 1 aliphatic heterocycles. The maximum Gasteiger partial charge on any atom is 0.408 e. The number of alkyl carbamates (subject to hydrolysis) is 1. The minimum absolute atomic E-state index is 0.317. The zero-order chi connectivity index (χ0) is 27.4. The number of hydrogen-bond acceptors (Lipinski definition) is 6. The van der Waals surface area contributed by atoms with Gasteiger partial charge in [0, 0.05) is 18.8 Å². The minimum Gasteiger partial charge on any atom is -0.480 e. The van der Waals surface area contributed by atoms with Crippen LogP contribution in [0.5, 0.6) is 0 Å². The fourth-order valence-electron chi connectivity index (χ4n) is 4.66. The quantitative estimate of drug-likeness (QED) is 0.297. The van der Waals surface area contributed by atoms with Crippen LogP contribution in [-0.4, -0.2) is 64.9 Å². The topological polar surface area (TPSA) is 104 Å². The highest BCUT2D eigenvalue weighted by Gasteiger charge is 2.24. The van der Waals surface area contributed by atoms with Crippen LogP contribution in [-0.2, 0) is 28.8 Å². The van der Waals surface area contributed by atoms with Crippen molar-refractivity contribution in [1.82, 2.24) is 15.2 Å². The zero-order valence-electron chi connectivity index (χ0n) is 23.2. The third-order valence-electron chi connectivity index (χ3n) is 6.61. The summed E-state index contributed by atoms with van der Waals surface area (Å²) in [5, 5.41) is 15.6. The number of ether oxygens (including phenoxy) is 1. The van der Waals surface area contributed by atoms with Gasteiger partial charge in [-0.05, 0) is 102 Å². The fourth-order valence-corrected chi connectivity index (χ4v) is 4.66. The van der Waals surface area contributed by atoms with Crippen molar-refractivity contribution in [3.05, 3.63) is 59.3 Å². The summed E-state index contributed by atoms with van der Waals surface area (Å²) in [6, 6.07) is 13.7. The number of amides is 1. The molecule has 38 heavy (non-hydrogen) atoms. The highest BCUT2D eigenvalue weighted by Crippen LogP contribution is 2.20. The molecular formula is C30H44N4O4. The van der Waals surface area contributed by atoms with Gasteiger partial charge in [0.15, 0.2) is 0 Å². The van der Waals surface area contributed by atoms with E-state index in [0.717, 1.165) is 76.1 Å². The van der Waals surface area contributed by atoms with Crippen LogP contribution in [0.3, 0.4) is 0 Å². The molecule has 1 aliphatic rings. The first kappa shape index (κ1) is 29.4. The number of nitrogens with one attached hydrogen (secondary N) is 2. The number of carbonyl (C=O) groups excluding carboxylic acids is 1. The number of carbonyl (C=O) groups is 2. The molecule has 1 unspecified atom stereocenters. The van der Waals surface area contributed by atoms with Crippen LogP contribution < -0.4 is 10.6 Å². The molecule has 8 heteroatoms. The second-order valence-electron chi connectivity index (χ2n) is 11.1. The smallest absolute Gasteiger partial charge is 0.408 e. The molecule has 0 aliphatic carbocycles. The molecule has 2 aromatic rings. The zero-order valence-corrected chi connectivity index (χ0v) is 23.2. The maximum absolute atomic E-state index is 12.2. The first-order chi connectivity index (χ1) is 18.2. The number of pyridine rings is 1. The molecule has 0 bridgehead atoms. The van der Waals surface area contributed by atoms with Crippen LogP contribution in [0, 0.1) is 0 Å². The normalized spacial score (nSPS) is 13.9. The van der Waals surface area contributed by atoms with Gasteiger partial charge in [-0.2, -0.15) is 0 Å². The molecule has 0 saturated carbocycles. The molecule has 2 heterocycles. The summed E-state index contributed by atoms with van der Waals surface area (Å²) >= 11 is 0. The van der Waals surface area contributed by atoms with E-state index in [1.807, 2.05) is 6.07 Å². The molecule has 1 aromatic heterocycles. The van der Waals surface area contributed by atoms with E-state index < -0.39 is 23.7 Å². The number of anilines is 1. The van der Waals surface area contributed by atoms with Gasteiger partial charge in [0.25, 0.3) is 0 Å². The van der Waals surface area contributed by atoms with E-state index >= 15 is 0 Å². The van der Waals surface area contributed by atoms with Crippen molar-refractivity contribution in [2.75, 3.05) is 31.5 Å². The lowest BCUT2D eigenvalue weighted by molar-refractivity contribution is -0.139. The number of fused-ring (bicyclic) bond motifs is 1. The summed E-state index contributed by atoms with van der Waals surface area (Å²) in [4.78, 5) is 31.1. The summed E-state index contributed by atoms with van der Waals surface area (Å²) < 4.78 is 5.26. The lowest BCUT2D eigenvalue weighted by atomic mass is 10.1. The van der Waals surface area contributed by atoms with E-state index in [9.17, 15) is 14.7 Å². The molecule has 208 valence electrons. The van der Waals surface area contributed by atoms with Gasteiger partial charge < -0.3 is 25.4 Å². The Morgan fingerprint density at radius 2 is 1.82 bits per heavy atom. The third-order valence-corrected chi connectivity index (χ3v) is 6.61. The summed E-state index contributed by atoms with van der Waals surface area (Å²) in [6.45, 7) is 8.59. The van der Waals surface area contributed by atoms with E-state index in [4.69, 9.17) is 9.72 Å². The molecule has 0 spiro atoms. The Bertz CT molecular complexity index is 1020. The van der Waals surface area contributed by atoms with E-state index in [1.54, 1.807) is 20.8 Å². The minimum atomic E-state index is -1.05. The fraction of sp³-hybridized carbons (Fsp3) is 0.567. The van der Waals surface area contributed by atoms with E-state index in [2.05, 4.69) is 51.9 Å². The van der Waals surface area contributed by atoms with Crippen LogP contribution in [0.15, 0.2) is 42.5 Å². The SMILES string of the molecule is CC(C)(C)OC(=O)NC(CCN(CCCCc1ccc2c(n1)NCCC2)CCCc1ccccc1)C(=O)O. The van der Waals surface area contributed by atoms with Crippen molar-refractivity contribution in [2.24, 2.45) is 0 Å². The first-order valence-electron chi connectivity index (χ1n) is 13.9. The molecule has 0 saturated heterocycles. The number of carboxylic acid groups (broad SMARTS) is 1. The number of rotatable bonds is 14. The second kappa shape index (κ2) is 14.7. The number of unbranched alkanes of at least 4 members (excludes halogenated alkanes) is 1. The number of aliphatic carboxylic acids is 1. The van der Waals surface area contributed by atoms with Crippen LogP contribution in [0.2, 0.25) is 0 Å². The van der Waals surface area contributed by atoms with Gasteiger partial charge in [-0.1, -0.05) is 36.4 Å². The molecule has 8 nitrogen and oxygen atoms in total. The number of aromatic nitrogens is 1. The van der Waals surface area contributed by atoms with E-state index in [1.165, 1.54) is 11.1 Å². The van der Waals surface area contributed by atoms with Gasteiger partial charge >= 0.3 is 12.1 Å². The van der Waals surface area contributed by atoms with Gasteiger partial charge in [-0.25, -0.2) is 14.6 Å². The van der Waals surface area contributed by atoms with Gasteiger partial charge in [0.1, 0.15) is 17.5 Å². The Hall–Kier alpha value is -3.13. The Morgan fingerprint density at radius 1 is 1.05 bits per heavy atom. The lowest BCUT2D eigenvalue weighted by Gasteiger charge is -2.25.